The first kappa shape index (κ1) is 12.3. The van der Waals surface area contributed by atoms with Crippen LogP contribution in [-0.4, -0.2) is 5.71 Å². The fourth-order valence-corrected chi connectivity index (χ4v) is 1.35. The van der Waals surface area contributed by atoms with Crippen LogP contribution in [0.3, 0.4) is 0 Å². The van der Waals surface area contributed by atoms with Gasteiger partial charge >= 0.3 is 0 Å². The zero-order valence-electron chi connectivity index (χ0n) is 10.1. The summed E-state index contributed by atoms with van der Waals surface area (Å²) in [6.07, 6.45) is 1.03. The zero-order chi connectivity index (χ0) is 12.1. The van der Waals surface area contributed by atoms with Crippen molar-refractivity contribution in [3.05, 3.63) is 41.2 Å². The third-order valence-electron chi connectivity index (χ3n) is 2.46. The summed E-state index contributed by atoms with van der Waals surface area (Å²) in [7, 11) is 0. The first-order valence-electron chi connectivity index (χ1n) is 5.41. The number of nitrogens with two attached hydrogens (primary N) is 2. The van der Waals surface area contributed by atoms with Gasteiger partial charge in [0.2, 0.25) is 0 Å². The molecule has 4 N–H and O–H groups in total. The topological polar surface area (TPSA) is 64.4 Å². The number of nitrogens with zero attached hydrogens (tertiary/aromatic N) is 1. The van der Waals surface area contributed by atoms with Crippen molar-refractivity contribution < 1.29 is 0 Å². The van der Waals surface area contributed by atoms with Crippen LogP contribution in [0.15, 0.2) is 40.7 Å². The second-order valence-electron chi connectivity index (χ2n) is 3.81. The number of allylic oxidation sites excluding steroid dienone is 2. The van der Waals surface area contributed by atoms with Gasteiger partial charge in [-0.25, -0.2) is 0 Å². The fourth-order valence-electron chi connectivity index (χ4n) is 1.35. The van der Waals surface area contributed by atoms with E-state index in [9.17, 15) is 0 Å². The van der Waals surface area contributed by atoms with Gasteiger partial charge in [-0.15, -0.1) is 0 Å². The van der Waals surface area contributed by atoms with E-state index in [2.05, 4.69) is 24.0 Å². The normalized spacial score (nSPS) is 13.6. The quantitative estimate of drug-likeness (QED) is 0.764. The standard InChI is InChI=1S/C13H19N3/c1-4-11-5-7-12(8-6-11)16-10(3)13(15)9(2)14/h5-8H,4,14-15H2,1-3H3/b13-9+,16-10?. The molecule has 3 heteroatoms. The van der Waals surface area contributed by atoms with Crippen LogP contribution >= 0.6 is 0 Å². The van der Waals surface area contributed by atoms with Crippen LogP contribution in [0.4, 0.5) is 5.69 Å². The lowest BCUT2D eigenvalue weighted by atomic mass is 10.1. The Bertz CT molecular complexity index is 409. The molecule has 0 fully saturated rings. The number of rotatable bonds is 3. The van der Waals surface area contributed by atoms with E-state index in [4.69, 9.17) is 11.5 Å². The molecule has 0 heterocycles. The molecule has 1 aromatic rings. The third kappa shape index (κ3) is 3.12. The Morgan fingerprint density at radius 3 is 2.12 bits per heavy atom. The van der Waals surface area contributed by atoms with Crippen LogP contribution in [0.5, 0.6) is 0 Å². The lowest BCUT2D eigenvalue weighted by Crippen LogP contribution is -2.14. The highest BCUT2D eigenvalue weighted by atomic mass is 14.8. The summed E-state index contributed by atoms with van der Waals surface area (Å²) in [5.74, 6) is 0. The minimum atomic E-state index is 0.555. The fraction of sp³-hybridized carbons (Fsp3) is 0.308. The lowest BCUT2D eigenvalue weighted by Gasteiger charge is -2.04. The summed E-state index contributed by atoms with van der Waals surface area (Å²) in [6, 6.07) is 8.12. The van der Waals surface area contributed by atoms with Gasteiger partial charge in [-0.3, -0.25) is 4.99 Å². The molecule has 0 aromatic heterocycles. The number of hydrogen-bond donors (Lipinski definition) is 2. The van der Waals surface area contributed by atoms with Gasteiger partial charge in [0.25, 0.3) is 0 Å². The second kappa shape index (κ2) is 5.35. The van der Waals surface area contributed by atoms with Crippen LogP contribution in [0.1, 0.15) is 26.3 Å². The first-order valence-corrected chi connectivity index (χ1v) is 5.41. The van der Waals surface area contributed by atoms with Crippen molar-refractivity contribution in [3.63, 3.8) is 0 Å². The van der Waals surface area contributed by atoms with Crippen molar-refractivity contribution in [1.29, 1.82) is 0 Å². The molecule has 0 bridgehead atoms. The molecular formula is C13H19N3. The van der Waals surface area contributed by atoms with Gasteiger partial charge in [-0.1, -0.05) is 19.1 Å². The van der Waals surface area contributed by atoms with Gasteiger partial charge in [-0.05, 0) is 38.0 Å². The summed E-state index contributed by atoms with van der Waals surface area (Å²) in [5, 5.41) is 0. The van der Waals surface area contributed by atoms with Crippen LogP contribution < -0.4 is 11.5 Å². The number of aliphatic imine (C=N–C) groups is 1. The summed E-state index contributed by atoms with van der Waals surface area (Å²) in [4.78, 5) is 4.41. The molecule has 0 atom stereocenters. The molecule has 3 nitrogen and oxygen atoms in total. The Morgan fingerprint density at radius 1 is 1.12 bits per heavy atom. The van der Waals surface area contributed by atoms with Crippen molar-refractivity contribution in [3.8, 4) is 0 Å². The molecule has 0 amide bonds. The van der Waals surface area contributed by atoms with E-state index >= 15 is 0 Å². The number of aryl methyl sites for hydroxylation is 1. The Morgan fingerprint density at radius 2 is 1.69 bits per heavy atom. The molecule has 0 aliphatic rings. The average molecular weight is 217 g/mol. The van der Waals surface area contributed by atoms with Crippen molar-refractivity contribution >= 4 is 11.4 Å². The Balaban J connectivity index is 2.95. The monoisotopic (exact) mass is 217 g/mol. The highest BCUT2D eigenvalue weighted by Gasteiger charge is 1.99. The predicted molar refractivity (Wildman–Crippen MR) is 69.7 cm³/mol. The molecule has 0 radical (unpaired) electrons. The molecule has 0 spiro atoms. The van der Waals surface area contributed by atoms with Crippen LogP contribution in [0.25, 0.3) is 0 Å². The van der Waals surface area contributed by atoms with Crippen LogP contribution in [0.2, 0.25) is 0 Å². The minimum absolute atomic E-state index is 0.555. The summed E-state index contributed by atoms with van der Waals surface area (Å²) in [5.41, 5.74) is 15.5. The summed E-state index contributed by atoms with van der Waals surface area (Å²) in [6.45, 7) is 5.76. The van der Waals surface area contributed by atoms with Crippen LogP contribution in [-0.2, 0) is 6.42 Å². The number of benzene rings is 1. The molecule has 0 unspecified atom stereocenters. The van der Waals surface area contributed by atoms with Gasteiger partial charge in [-0.2, -0.15) is 0 Å². The average Bonchev–Trinajstić information content (AvgIpc) is 2.28. The molecular weight excluding hydrogens is 198 g/mol. The molecule has 0 aliphatic carbocycles. The van der Waals surface area contributed by atoms with E-state index in [1.807, 2.05) is 19.1 Å². The van der Waals surface area contributed by atoms with Gasteiger partial charge in [0.05, 0.1) is 17.1 Å². The largest absolute Gasteiger partial charge is 0.401 e. The molecule has 0 saturated heterocycles. The van der Waals surface area contributed by atoms with Crippen molar-refractivity contribution in [2.24, 2.45) is 16.5 Å². The lowest BCUT2D eigenvalue weighted by molar-refractivity contribution is 1.14. The Hall–Kier alpha value is -1.77. The van der Waals surface area contributed by atoms with Crippen molar-refractivity contribution in [2.75, 3.05) is 0 Å². The summed E-state index contributed by atoms with van der Waals surface area (Å²) >= 11 is 0. The Kier molecular flexibility index (Phi) is 4.11. The molecule has 0 aliphatic heterocycles. The molecule has 1 rings (SSSR count). The zero-order valence-corrected chi connectivity index (χ0v) is 10.1. The molecule has 86 valence electrons. The third-order valence-corrected chi connectivity index (χ3v) is 2.46. The molecule has 1 aromatic carbocycles. The predicted octanol–water partition coefficient (Wildman–Crippen LogP) is 2.49. The van der Waals surface area contributed by atoms with Gasteiger partial charge < -0.3 is 11.5 Å². The maximum absolute atomic E-state index is 5.79. The van der Waals surface area contributed by atoms with Crippen molar-refractivity contribution in [1.82, 2.24) is 0 Å². The maximum atomic E-state index is 5.79. The molecule has 16 heavy (non-hydrogen) atoms. The highest BCUT2D eigenvalue weighted by Crippen LogP contribution is 2.14. The van der Waals surface area contributed by atoms with Gasteiger partial charge in [0.15, 0.2) is 0 Å². The van der Waals surface area contributed by atoms with E-state index in [-0.39, 0.29) is 0 Å². The maximum Gasteiger partial charge on any atom is 0.0717 e. The highest BCUT2D eigenvalue weighted by molar-refractivity contribution is 5.99. The van der Waals surface area contributed by atoms with E-state index in [0.717, 1.165) is 17.8 Å². The van der Waals surface area contributed by atoms with Gasteiger partial charge in [0.1, 0.15) is 0 Å². The molecule has 0 saturated carbocycles. The number of hydrogen-bond acceptors (Lipinski definition) is 3. The van der Waals surface area contributed by atoms with Gasteiger partial charge in [0, 0.05) is 5.70 Å². The Labute approximate surface area is 96.9 Å². The summed E-state index contributed by atoms with van der Waals surface area (Å²) < 4.78 is 0. The second-order valence-corrected chi connectivity index (χ2v) is 3.81. The van der Waals surface area contributed by atoms with E-state index in [1.54, 1.807) is 6.92 Å². The van der Waals surface area contributed by atoms with E-state index < -0.39 is 0 Å². The van der Waals surface area contributed by atoms with E-state index in [1.165, 1.54) is 5.56 Å². The minimum Gasteiger partial charge on any atom is -0.401 e. The first-order chi connectivity index (χ1) is 7.54. The smallest absolute Gasteiger partial charge is 0.0717 e. The van der Waals surface area contributed by atoms with Crippen LogP contribution in [0, 0.1) is 0 Å². The van der Waals surface area contributed by atoms with E-state index in [0.29, 0.717) is 11.4 Å². The van der Waals surface area contributed by atoms with Crippen molar-refractivity contribution in [2.45, 2.75) is 27.2 Å². The SMILES string of the molecule is CCc1ccc(N=C(C)/C(N)=C(/C)N)cc1.